The number of ketones is 1. The van der Waals surface area contributed by atoms with E-state index in [1.807, 2.05) is 12.1 Å². The second-order valence-electron chi connectivity index (χ2n) is 4.11. The van der Waals surface area contributed by atoms with Crippen LogP contribution >= 0.6 is 63.7 Å². The molecule has 0 amide bonds. The van der Waals surface area contributed by atoms with E-state index in [2.05, 4.69) is 63.7 Å². The molecule has 1 aromatic carbocycles. The molecule has 2 nitrogen and oxygen atoms in total. The number of benzene rings is 1. The summed E-state index contributed by atoms with van der Waals surface area (Å²) in [4.78, 5) is 12.6. The van der Waals surface area contributed by atoms with Crippen molar-refractivity contribution in [2.24, 2.45) is 0 Å². The van der Waals surface area contributed by atoms with Crippen LogP contribution in [-0.2, 0) is 0 Å². The lowest BCUT2D eigenvalue weighted by Crippen LogP contribution is -2.23. The van der Waals surface area contributed by atoms with E-state index in [9.17, 15) is 4.79 Å². The maximum Gasteiger partial charge on any atom is 0.190 e. The molecule has 1 aliphatic rings. The molecule has 98 valence electrons. The van der Waals surface area contributed by atoms with Gasteiger partial charge in [-0.3, -0.25) is 4.79 Å². The zero-order chi connectivity index (χ0) is 13.5. The number of fused-ring (bicyclic) bond motifs is 1. The SMILES string of the molecule is COc1cc2c(cc1Br)C(=O)C(Br)(Br)CC[C@@H]2Br. The third-order valence-electron chi connectivity index (χ3n) is 2.95. The fourth-order valence-corrected chi connectivity index (χ4v) is 3.95. The Morgan fingerprint density at radius 1 is 1.39 bits per heavy atom. The molecule has 1 aromatic rings. The molecule has 18 heavy (non-hydrogen) atoms. The fourth-order valence-electron chi connectivity index (χ4n) is 1.96. The first kappa shape index (κ1) is 15.0. The standard InChI is InChI=1S/C12H10Br4O2/c1-18-10-5-6-7(4-9(10)14)11(17)12(15,16)3-2-8(6)13/h4-5,8H,2-3H2,1H3/t8-/m0/s1. The number of Topliss-reactive ketones (excluding diaryl/α,β-unsaturated/α-hetero) is 1. The van der Waals surface area contributed by atoms with E-state index in [0.29, 0.717) is 5.56 Å². The minimum absolute atomic E-state index is 0.0443. The molecule has 0 heterocycles. The van der Waals surface area contributed by atoms with Crippen LogP contribution in [0.5, 0.6) is 5.75 Å². The molecule has 0 unspecified atom stereocenters. The van der Waals surface area contributed by atoms with Crippen LogP contribution in [0.25, 0.3) is 0 Å². The van der Waals surface area contributed by atoms with Crippen LogP contribution in [-0.4, -0.2) is 16.1 Å². The maximum absolute atomic E-state index is 12.5. The van der Waals surface area contributed by atoms with Gasteiger partial charge in [-0.15, -0.1) is 0 Å². The number of hydrogen-bond donors (Lipinski definition) is 0. The average Bonchev–Trinajstić information content (AvgIpc) is 2.41. The van der Waals surface area contributed by atoms with E-state index < -0.39 is 3.23 Å². The first-order valence-electron chi connectivity index (χ1n) is 5.31. The first-order chi connectivity index (χ1) is 8.36. The van der Waals surface area contributed by atoms with Crippen LogP contribution in [0.3, 0.4) is 0 Å². The molecule has 1 atom stereocenters. The second kappa shape index (κ2) is 5.54. The highest BCUT2D eigenvalue weighted by Gasteiger charge is 2.39. The average molecular weight is 506 g/mol. The number of hydrogen-bond acceptors (Lipinski definition) is 2. The lowest BCUT2D eigenvalue weighted by molar-refractivity contribution is 0.0981. The maximum atomic E-state index is 12.5. The van der Waals surface area contributed by atoms with Gasteiger partial charge in [0.15, 0.2) is 5.78 Å². The summed E-state index contributed by atoms with van der Waals surface area (Å²) >= 11 is 14.0. The summed E-state index contributed by atoms with van der Waals surface area (Å²) in [7, 11) is 1.62. The van der Waals surface area contributed by atoms with Gasteiger partial charge in [-0.2, -0.15) is 0 Å². The van der Waals surface area contributed by atoms with E-state index in [4.69, 9.17) is 4.74 Å². The molecule has 2 rings (SSSR count). The lowest BCUT2D eigenvalue weighted by Gasteiger charge is -2.16. The number of ether oxygens (including phenoxy) is 1. The summed E-state index contributed by atoms with van der Waals surface area (Å²) < 4.78 is 5.40. The van der Waals surface area contributed by atoms with Crippen molar-refractivity contribution in [3.8, 4) is 5.75 Å². The number of carbonyl (C=O) groups excluding carboxylic acids is 1. The quantitative estimate of drug-likeness (QED) is 0.380. The van der Waals surface area contributed by atoms with Crippen molar-refractivity contribution in [1.82, 2.24) is 0 Å². The van der Waals surface area contributed by atoms with Crippen LogP contribution in [0.2, 0.25) is 0 Å². The molecule has 0 aromatic heterocycles. The molecular weight excluding hydrogens is 496 g/mol. The Kier molecular flexibility index (Phi) is 4.62. The number of halogens is 4. The van der Waals surface area contributed by atoms with Crippen molar-refractivity contribution in [3.63, 3.8) is 0 Å². The van der Waals surface area contributed by atoms with Gasteiger partial charge in [0, 0.05) is 10.4 Å². The van der Waals surface area contributed by atoms with Gasteiger partial charge in [0.2, 0.25) is 0 Å². The van der Waals surface area contributed by atoms with Gasteiger partial charge in [-0.1, -0.05) is 47.8 Å². The molecule has 0 bridgehead atoms. The third-order valence-corrected chi connectivity index (χ3v) is 6.03. The zero-order valence-corrected chi connectivity index (χ0v) is 15.8. The van der Waals surface area contributed by atoms with Gasteiger partial charge in [-0.05, 0) is 46.5 Å². The topological polar surface area (TPSA) is 26.3 Å². The van der Waals surface area contributed by atoms with Crippen LogP contribution in [0.1, 0.15) is 33.6 Å². The fraction of sp³-hybridized carbons (Fsp3) is 0.417. The Labute approximate surface area is 139 Å². The Morgan fingerprint density at radius 2 is 2.06 bits per heavy atom. The van der Waals surface area contributed by atoms with E-state index in [0.717, 1.165) is 28.6 Å². The van der Waals surface area contributed by atoms with E-state index in [1.165, 1.54) is 0 Å². The zero-order valence-electron chi connectivity index (χ0n) is 9.47. The predicted octanol–water partition coefficient (Wildman–Crippen LogP) is 5.36. The van der Waals surface area contributed by atoms with Crippen molar-refractivity contribution in [1.29, 1.82) is 0 Å². The van der Waals surface area contributed by atoms with Gasteiger partial charge < -0.3 is 4.74 Å². The van der Waals surface area contributed by atoms with Gasteiger partial charge >= 0.3 is 0 Å². The summed E-state index contributed by atoms with van der Waals surface area (Å²) in [6.07, 6.45) is 1.58. The Morgan fingerprint density at radius 3 is 2.67 bits per heavy atom. The van der Waals surface area contributed by atoms with E-state index >= 15 is 0 Å². The lowest BCUT2D eigenvalue weighted by atomic mass is 10.0. The number of rotatable bonds is 1. The van der Waals surface area contributed by atoms with Crippen molar-refractivity contribution in [2.75, 3.05) is 7.11 Å². The first-order valence-corrected chi connectivity index (χ1v) is 8.60. The molecule has 0 saturated carbocycles. The van der Waals surface area contributed by atoms with E-state index in [-0.39, 0.29) is 10.6 Å². The van der Waals surface area contributed by atoms with Gasteiger partial charge in [-0.25, -0.2) is 0 Å². The summed E-state index contributed by atoms with van der Waals surface area (Å²) in [5.41, 5.74) is 1.68. The number of alkyl halides is 3. The van der Waals surface area contributed by atoms with Crippen molar-refractivity contribution < 1.29 is 9.53 Å². The summed E-state index contributed by atoms with van der Waals surface area (Å²) in [5.74, 6) is 0.783. The molecule has 0 fully saturated rings. The molecule has 0 spiro atoms. The molecular formula is C12H10Br4O2. The highest BCUT2D eigenvalue weighted by Crippen LogP contribution is 2.46. The Balaban J connectivity index is 2.63. The smallest absolute Gasteiger partial charge is 0.190 e. The van der Waals surface area contributed by atoms with Crippen LogP contribution in [0.15, 0.2) is 16.6 Å². The van der Waals surface area contributed by atoms with Crippen LogP contribution in [0, 0.1) is 0 Å². The van der Waals surface area contributed by atoms with Crippen molar-refractivity contribution >= 4 is 69.5 Å². The Bertz CT molecular complexity index is 499. The number of methoxy groups -OCH3 is 1. The predicted molar refractivity (Wildman–Crippen MR) is 86.5 cm³/mol. The van der Waals surface area contributed by atoms with Gasteiger partial charge in [0.25, 0.3) is 0 Å². The van der Waals surface area contributed by atoms with Crippen LogP contribution < -0.4 is 4.74 Å². The van der Waals surface area contributed by atoms with Crippen molar-refractivity contribution in [3.05, 3.63) is 27.7 Å². The van der Waals surface area contributed by atoms with E-state index in [1.54, 1.807) is 7.11 Å². The minimum Gasteiger partial charge on any atom is -0.496 e. The van der Waals surface area contributed by atoms with Crippen LogP contribution in [0.4, 0.5) is 0 Å². The van der Waals surface area contributed by atoms with Gasteiger partial charge in [0.05, 0.1) is 11.6 Å². The molecule has 6 heteroatoms. The Hall–Kier alpha value is 0.610. The normalized spacial score (nSPS) is 22.3. The number of carbonyl (C=O) groups is 1. The van der Waals surface area contributed by atoms with Gasteiger partial charge in [0.1, 0.15) is 8.98 Å². The largest absolute Gasteiger partial charge is 0.496 e. The summed E-state index contributed by atoms with van der Waals surface area (Å²) in [6.45, 7) is 0. The highest BCUT2D eigenvalue weighted by atomic mass is 79.9. The van der Waals surface area contributed by atoms with Crippen molar-refractivity contribution in [2.45, 2.75) is 20.9 Å². The molecule has 0 radical (unpaired) electrons. The molecule has 0 aliphatic heterocycles. The molecule has 1 aliphatic carbocycles. The second-order valence-corrected chi connectivity index (χ2v) is 9.85. The minimum atomic E-state index is -0.675. The molecule has 0 N–H and O–H groups in total. The third kappa shape index (κ3) is 2.72. The monoisotopic (exact) mass is 502 g/mol. The summed E-state index contributed by atoms with van der Waals surface area (Å²) in [6, 6.07) is 3.74. The molecule has 0 saturated heterocycles. The highest BCUT2D eigenvalue weighted by molar-refractivity contribution is 9.26. The summed E-state index contributed by atoms with van der Waals surface area (Å²) in [5, 5.41) is 0.